The summed E-state index contributed by atoms with van der Waals surface area (Å²) in [5, 5.41) is 29.0. The average Bonchev–Trinajstić information content (AvgIpc) is 2.30. The topological polar surface area (TPSA) is 60.7 Å². The van der Waals surface area contributed by atoms with Crippen molar-refractivity contribution < 1.29 is 15.3 Å². The third-order valence-electron chi connectivity index (χ3n) is 2.76. The predicted octanol–water partition coefficient (Wildman–Crippen LogP) is 3.03. The fourth-order valence-electron chi connectivity index (χ4n) is 1.92. The molecule has 2 aromatic carbocycles. The molecule has 0 spiro atoms. The van der Waals surface area contributed by atoms with Crippen LogP contribution < -0.4 is 0 Å². The zero-order chi connectivity index (χ0) is 12.4. The van der Waals surface area contributed by atoms with Crippen molar-refractivity contribution >= 4 is 0 Å². The van der Waals surface area contributed by atoms with Crippen LogP contribution in [0.15, 0.2) is 36.4 Å². The lowest BCUT2D eigenvalue weighted by Gasteiger charge is -2.12. The molecule has 0 aliphatic rings. The Kier molecular flexibility index (Phi) is 2.91. The summed E-state index contributed by atoms with van der Waals surface area (Å²) in [6.07, 6.45) is 0.754. The van der Waals surface area contributed by atoms with Crippen molar-refractivity contribution in [3.8, 4) is 28.4 Å². The van der Waals surface area contributed by atoms with Gasteiger partial charge in [-0.3, -0.25) is 0 Å². The minimum Gasteiger partial charge on any atom is -0.508 e. The van der Waals surface area contributed by atoms with Gasteiger partial charge in [0.05, 0.1) is 0 Å². The lowest BCUT2D eigenvalue weighted by molar-refractivity contribution is 0.450. The molecule has 0 radical (unpaired) electrons. The first-order valence-corrected chi connectivity index (χ1v) is 5.46. The molecule has 0 bridgehead atoms. The standard InChI is InChI=1S/C14H14O3/c1-2-9-4-3-5-12(16)14(9)11-7-6-10(15)8-13(11)17/h3-8,15-17H,2H2,1H3. The van der Waals surface area contributed by atoms with E-state index in [-0.39, 0.29) is 17.2 Å². The highest BCUT2D eigenvalue weighted by molar-refractivity contribution is 5.78. The van der Waals surface area contributed by atoms with Crippen LogP contribution in [0.1, 0.15) is 12.5 Å². The summed E-state index contributed by atoms with van der Waals surface area (Å²) in [5.41, 5.74) is 2.09. The second-order valence-corrected chi connectivity index (χ2v) is 3.87. The van der Waals surface area contributed by atoms with Crippen molar-refractivity contribution in [2.24, 2.45) is 0 Å². The molecule has 0 unspecified atom stereocenters. The number of hydrogen-bond donors (Lipinski definition) is 3. The maximum Gasteiger partial charge on any atom is 0.127 e. The summed E-state index contributed by atoms with van der Waals surface area (Å²) < 4.78 is 0. The highest BCUT2D eigenvalue weighted by Crippen LogP contribution is 2.39. The minimum atomic E-state index is -0.0406. The van der Waals surface area contributed by atoms with Crippen LogP contribution in [-0.2, 0) is 6.42 Å². The average molecular weight is 230 g/mol. The lowest BCUT2D eigenvalue weighted by Crippen LogP contribution is -1.88. The second-order valence-electron chi connectivity index (χ2n) is 3.87. The summed E-state index contributed by atoms with van der Waals surface area (Å²) in [7, 11) is 0. The molecule has 0 saturated heterocycles. The van der Waals surface area contributed by atoms with E-state index >= 15 is 0 Å². The Labute approximate surface area is 99.6 Å². The van der Waals surface area contributed by atoms with Crippen LogP contribution in [0.4, 0.5) is 0 Å². The number of hydrogen-bond acceptors (Lipinski definition) is 3. The summed E-state index contributed by atoms with van der Waals surface area (Å²) >= 11 is 0. The van der Waals surface area contributed by atoms with Crippen LogP contribution >= 0.6 is 0 Å². The molecule has 0 aliphatic heterocycles. The first-order valence-electron chi connectivity index (χ1n) is 5.46. The molecule has 0 saturated carbocycles. The maximum absolute atomic E-state index is 9.90. The molecular weight excluding hydrogens is 216 g/mol. The van der Waals surface area contributed by atoms with Crippen molar-refractivity contribution in [2.75, 3.05) is 0 Å². The predicted molar refractivity (Wildman–Crippen MR) is 66.3 cm³/mol. The van der Waals surface area contributed by atoms with Gasteiger partial charge in [-0.05, 0) is 30.2 Å². The molecule has 0 aromatic heterocycles. The molecule has 0 heterocycles. The van der Waals surface area contributed by atoms with E-state index in [0.717, 1.165) is 12.0 Å². The summed E-state index contributed by atoms with van der Waals surface area (Å²) in [4.78, 5) is 0. The normalized spacial score (nSPS) is 10.4. The van der Waals surface area contributed by atoms with Crippen LogP contribution in [0.25, 0.3) is 11.1 Å². The van der Waals surface area contributed by atoms with Crippen molar-refractivity contribution in [2.45, 2.75) is 13.3 Å². The number of aryl methyl sites for hydroxylation is 1. The van der Waals surface area contributed by atoms with E-state index in [9.17, 15) is 15.3 Å². The van der Waals surface area contributed by atoms with Gasteiger partial charge >= 0.3 is 0 Å². The van der Waals surface area contributed by atoms with E-state index in [4.69, 9.17) is 0 Å². The Morgan fingerprint density at radius 2 is 1.71 bits per heavy atom. The summed E-state index contributed by atoms with van der Waals surface area (Å²) in [6.45, 7) is 1.98. The van der Waals surface area contributed by atoms with E-state index < -0.39 is 0 Å². The van der Waals surface area contributed by atoms with Crippen LogP contribution in [0.5, 0.6) is 17.2 Å². The van der Waals surface area contributed by atoms with Gasteiger partial charge in [0.2, 0.25) is 0 Å². The molecule has 17 heavy (non-hydrogen) atoms. The SMILES string of the molecule is CCc1cccc(O)c1-c1ccc(O)cc1O. The number of benzene rings is 2. The van der Waals surface area contributed by atoms with Gasteiger partial charge in [-0.1, -0.05) is 19.1 Å². The van der Waals surface area contributed by atoms with E-state index in [1.54, 1.807) is 18.2 Å². The zero-order valence-electron chi connectivity index (χ0n) is 9.51. The fourth-order valence-corrected chi connectivity index (χ4v) is 1.92. The Hall–Kier alpha value is -2.16. The maximum atomic E-state index is 9.90. The minimum absolute atomic E-state index is 0.000260. The Morgan fingerprint density at radius 1 is 0.941 bits per heavy atom. The zero-order valence-corrected chi connectivity index (χ0v) is 9.51. The van der Waals surface area contributed by atoms with E-state index in [1.165, 1.54) is 12.1 Å². The van der Waals surface area contributed by atoms with Crippen molar-refractivity contribution in [1.82, 2.24) is 0 Å². The smallest absolute Gasteiger partial charge is 0.127 e. The van der Waals surface area contributed by atoms with Gasteiger partial charge in [-0.15, -0.1) is 0 Å². The summed E-state index contributed by atoms with van der Waals surface area (Å²) in [5.74, 6) is 0.0891. The highest BCUT2D eigenvalue weighted by atomic mass is 16.3. The van der Waals surface area contributed by atoms with Crippen LogP contribution in [0.3, 0.4) is 0 Å². The van der Waals surface area contributed by atoms with Crippen LogP contribution in [0.2, 0.25) is 0 Å². The van der Waals surface area contributed by atoms with E-state index in [0.29, 0.717) is 11.1 Å². The van der Waals surface area contributed by atoms with Gasteiger partial charge < -0.3 is 15.3 Å². The van der Waals surface area contributed by atoms with Gasteiger partial charge in [0, 0.05) is 17.2 Å². The van der Waals surface area contributed by atoms with Gasteiger partial charge in [0.1, 0.15) is 17.2 Å². The molecule has 3 N–H and O–H groups in total. The molecule has 3 nitrogen and oxygen atoms in total. The van der Waals surface area contributed by atoms with E-state index in [1.807, 2.05) is 13.0 Å². The lowest BCUT2D eigenvalue weighted by atomic mass is 9.96. The first kappa shape index (κ1) is 11.3. The monoisotopic (exact) mass is 230 g/mol. The number of phenolic OH excluding ortho intramolecular Hbond substituents is 3. The molecule has 0 aliphatic carbocycles. The first-order chi connectivity index (χ1) is 8.13. The molecule has 0 amide bonds. The van der Waals surface area contributed by atoms with Crippen molar-refractivity contribution in [3.05, 3.63) is 42.0 Å². The van der Waals surface area contributed by atoms with Gasteiger partial charge in [-0.2, -0.15) is 0 Å². The number of phenols is 3. The summed E-state index contributed by atoms with van der Waals surface area (Å²) in [6, 6.07) is 9.61. The highest BCUT2D eigenvalue weighted by Gasteiger charge is 2.13. The van der Waals surface area contributed by atoms with Crippen molar-refractivity contribution in [1.29, 1.82) is 0 Å². The quantitative estimate of drug-likeness (QED) is 0.743. The van der Waals surface area contributed by atoms with Gasteiger partial charge in [-0.25, -0.2) is 0 Å². The molecule has 2 rings (SSSR count). The van der Waals surface area contributed by atoms with Gasteiger partial charge in [0.25, 0.3) is 0 Å². The van der Waals surface area contributed by atoms with Gasteiger partial charge in [0.15, 0.2) is 0 Å². The Bertz CT molecular complexity index is 547. The van der Waals surface area contributed by atoms with Crippen LogP contribution in [-0.4, -0.2) is 15.3 Å². The molecule has 3 heteroatoms. The Morgan fingerprint density at radius 3 is 2.35 bits per heavy atom. The Balaban J connectivity index is 2.67. The molecule has 0 fully saturated rings. The number of rotatable bonds is 2. The molecule has 88 valence electrons. The largest absolute Gasteiger partial charge is 0.508 e. The second kappa shape index (κ2) is 4.37. The molecular formula is C14H14O3. The third kappa shape index (κ3) is 2.04. The molecule has 2 aromatic rings. The third-order valence-corrected chi connectivity index (χ3v) is 2.76. The molecule has 0 atom stereocenters. The van der Waals surface area contributed by atoms with E-state index in [2.05, 4.69) is 0 Å². The van der Waals surface area contributed by atoms with Crippen LogP contribution in [0, 0.1) is 0 Å². The fraction of sp³-hybridized carbons (Fsp3) is 0.143. The number of aromatic hydroxyl groups is 3. The van der Waals surface area contributed by atoms with Crippen molar-refractivity contribution in [3.63, 3.8) is 0 Å².